The first-order valence-corrected chi connectivity index (χ1v) is 14.2. The number of aromatic nitrogens is 2. The summed E-state index contributed by atoms with van der Waals surface area (Å²) in [6.45, 7) is 10.0. The standard InChI is InChI=1S/C32H36FN5O3/c1-5-41-30-15-29(35-17-23(30)16-34)21(4)38-11-9-26-27(25-6-7-31(33)36-20(25)3)13-22(14-28(26)32(38)40)8-10-37-18-24(39)12-19(37)2/h6-7,13-15,17,19,21,24,39H,5,8-12,18H2,1-4H3/t19-,21?,24-/m0/s1. The summed E-state index contributed by atoms with van der Waals surface area (Å²) >= 11 is 0. The molecule has 0 radical (unpaired) electrons. The average molecular weight is 558 g/mol. The van der Waals surface area contributed by atoms with Gasteiger partial charge in [0.15, 0.2) is 0 Å². The Labute approximate surface area is 240 Å². The van der Waals surface area contributed by atoms with Gasteiger partial charge >= 0.3 is 0 Å². The van der Waals surface area contributed by atoms with Gasteiger partial charge in [-0.3, -0.25) is 14.7 Å². The van der Waals surface area contributed by atoms with E-state index in [4.69, 9.17) is 4.74 Å². The normalized spacial score (nSPS) is 19.6. The van der Waals surface area contributed by atoms with Gasteiger partial charge in [0.1, 0.15) is 17.4 Å². The van der Waals surface area contributed by atoms with E-state index < -0.39 is 5.95 Å². The fourth-order valence-electron chi connectivity index (χ4n) is 6.10. The molecule has 3 aromatic rings. The highest BCUT2D eigenvalue weighted by Gasteiger charge is 2.33. The second-order valence-corrected chi connectivity index (χ2v) is 11.0. The summed E-state index contributed by atoms with van der Waals surface area (Å²) in [6, 6.07) is 11.0. The van der Waals surface area contributed by atoms with Crippen LogP contribution < -0.4 is 4.74 Å². The summed E-state index contributed by atoms with van der Waals surface area (Å²) in [7, 11) is 0. The molecule has 2 aliphatic heterocycles. The molecule has 1 unspecified atom stereocenters. The van der Waals surface area contributed by atoms with Gasteiger partial charge in [0.2, 0.25) is 5.95 Å². The third kappa shape index (κ3) is 5.81. The van der Waals surface area contributed by atoms with Crippen LogP contribution in [-0.4, -0.2) is 69.2 Å². The molecule has 1 saturated heterocycles. The molecule has 8 nitrogen and oxygen atoms in total. The second-order valence-electron chi connectivity index (χ2n) is 11.0. The molecule has 41 heavy (non-hydrogen) atoms. The number of ether oxygens (including phenoxy) is 1. The smallest absolute Gasteiger partial charge is 0.254 e. The highest BCUT2D eigenvalue weighted by atomic mass is 19.1. The molecule has 1 amide bonds. The number of aliphatic hydroxyl groups excluding tert-OH is 1. The Morgan fingerprint density at radius 2 is 2.02 bits per heavy atom. The van der Waals surface area contributed by atoms with Gasteiger partial charge in [0, 0.05) is 54.8 Å². The number of hydrogen-bond acceptors (Lipinski definition) is 7. The molecule has 9 heteroatoms. The Morgan fingerprint density at radius 1 is 1.24 bits per heavy atom. The first kappa shape index (κ1) is 28.7. The van der Waals surface area contributed by atoms with Crippen molar-refractivity contribution in [2.45, 2.75) is 65.1 Å². The fourth-order valence-corrected chi connectivity index (χ4v) is 6.10. The number of halogens is 1. The van der Waals surface area contributed by atoms with Gasteiger partial charge in [-0.2, -0.15) is 9.65 Å². The largest absolute Gasteiger partial charge is 0.492 e. The maximum Gasteiger partial charge on any atom is 0.254 e. The number of aryl methyl sites for hydroxylation is 1. The Kier molecular flexibility index (Phi) is 8.34. The van der Waals surface area contributed by atoms with Crippen molar-refractivity contribution in [3.63, 3.8) is 0 Å². The third-order valence-corrected chi connectivity index (χ3v) is 8.32. The number of pyridine rings is 2. The molecule has 2 aromatic heterocycles. The lowest BCUT2D eigenvalue weighted by Gasteiger charge is -2.35. The SMILES string of the molecule is CCOc1cc(C(C)N2CCc3c(cc(CCN4C[C@@H](O)C[C@@H]4C)cc3-c3ccc(F)nc3C)C2=O)ncc1C#N. The number of nitriles is 1. The lowest BCUT2D eigenvalue weighted by atomic mass is 9.86. The predicted molar refractivity (Wildman–Crippen MR) is 153 cm³/mol. The number of aliphatic hydroxyl groups is 1. The molecule has 3 atom stereocenters. The highest BCUT2D eigenvalue weighted by molar-refractivity contribution is 5.99. The minimum Gasteiger partial charge on any atom is -0.492 e. The van der Waals surface area contributed by atoms with Crippen molar-refractivity contribution in [1.29, 1.82) is 5.26 Å². The number of carbonyl (C=O) groups is 1. The van der Waals surface area contributed by atoms with Crippen LogP contribution >= 0.6 is 0 Å². The van der Waals surface area contributed by atoms with Crippen LogP contribution in [0.15, 0.2) is 36.5 Å². The number of benzene rings is 1. The third-order valence-electron chi connectivity index (χ3n) is 8.32. The van der Waals surface area contributed by atoms with Crippen LogP contribution in [0.3, 0.4) is 0 Å². The number of hydrogen-bond donors (Lipinski definition) is 1. The van der Waals surface area contributed by atoms with Crippen LogP contribution in [0.25, 0.3) is 11.1 Å². The van der Waals surface area contributed by atoms with Crippen molar-refractivity contribution < 1.29 is 19.0 Å². The Hall–Kier alpha value is -3.87. The van der Waals surface area contributed by atoms with Gasteiger partial charge in [-0.05, 0) is 81.8 Å². The molecule has 2 aliphatic rings. The van der Waals surface area contributed by atoms with Gasteiger partial charge in [-0.1, -0.05) is 6.07 Å². The van der Waals surface area contributed by atoms with Crippen LogP contribution in [0.4, 0.5) is 4.39 Å². The van der Waals surface area contributed by atoms with E-state index in [1.165, 1.54) is 12.3 Å². The highest BCUT2D eigenvalue weighted by Crippen LogP contribution is 2.36. The van der Waals surface area contributed by atoms with E-state index in [1.807, 2.05) is 24.8 Å². The van der Waals surface area contributed by atoms with Crippen molar-refractivity contribution in [3.05, 3.63) is 76.1 Å². The zero-order valence-electron chi connectivity index (χ0n) is 24.0. The van der Waals surface area contributed by atoms with Crippen molar-refractivity contribution in [2.24, 2.45) is 0 Å². The monoisotopic (exact) mass is 557 g/mol. The topological polar surface area (TPSA) is 103 Å². The molecule has 1 N–H and O–H groups in total. The van der Waals surface area contributed by atoms with Crippen LogP contribution in [-0.2, 0) is 12.8 Å². The zero-order chi connectivity index (χ0) is 29.3. The molecule has 0 aliphatic carbocycles. The van der Waals surface area contributed by atoms with E-state index >= 15 is 0 Å². The number of β-amino-alcohol motifs (C(OH)–C–C–N with tert-alkyl or cyclic N) is 1. The van der Waals surface area contributed by atoms with Gasteiger partial charge in [0.05, 0.1) is 24.4 Å². The van der Waals surface area contributed by atoms with Crippen molar-refractivity contribution in [1.82, 2.24) is 19.8 Å². The molecule has 1 fully saturated rings. The minimum atomic E-state index is -0.532. The molecular weight excluding hydrogens is 521 g/mol. The molecule has 0 bridgehead atoms. The van der Waals surface area contributed by atoms with Gasteiger partial charge < -0.3 is 14.7 Å². The maximum absolute atomic E-state index is 14.1. The molecule has 0 saturated carbocycles. The molecule has 5 rings (SSSR count). The Bertz CT molecular complexity index is 1500. The van der Waals surface area contributed by atoms with Crippen molar-refractivity contribution in [3.8, 4) is 22.9 Å². The number of nitrogens with zero attached hydrogens (tertiary/aromatic N) is 5. The minimum absolute atomic E-state index is 0.0938. The van der Waals surface area contributed by atoms with E-state index in [2.05, 4.69) is 33.9 Å². The van der Waals surface area contributed by atoms with E-state index in [0.717, 1.165) is 35.2 Å². The number of amides is 1. The average Bonchev–Trinajstić information content (AvgIpc) is 3.28. The molecule has 4 heterocycles. The van der Waals surface area contributed by atoms with Crippen molar-refractivity contribution in [2.75, 3.05) is 26.2 Å². The van der Waals surface area contributed by atoms with Crippen LogP contribution in [0, 0.1) is 24.2 Å². The van der Waals surface area contributed by atoms with Gasteiger partial charge in [-0.25, -0.2) is 4.98 Å². The summed E-state index contributed by atoms with van der Waals surface area (Å²) < 4.78 is 19.6. The summed E-state index contributed by atoms with van der Waals surface area (Å²) in [6.07, 6.45) is 3.28. The van der Waals surface area contributed by atoms with Gasteiger partial charge in [-0.15, -0.1) is 0 Å². The fraction of sp³-hybridized carbons (Fsp3) is 0.438. The van der Waals surface area contributed by atoms with E-state index in [-0.39, 0.29) is 18.1 Å². The summed E-state index contributed by atoms with van der Waals surface area (Å²) in [5, 5.41) is 19.5. The first-order chi connectivity index (χ1) is 19.7. The lowest BCUT2D eigenvalue weighted by Crippen LogP contribution is -2.40. The number of fused-ring (bicyclic) bond motifs is 1. The zero-order valence-corrected chi connectivity index (χ0v) is 24.0. The summed E-state index contributed by atoms with van der Waals surface area (Å²) in [5.74, 6) is -0.166. The van der Waals surface area contributed by atoms with Crippen LogP contribution in [0.1, 0.15) is 71.7 Å². The maximum atomic E-state index is 14.1. The molecule has 0 spiro atoms. The van der Waals surface area contributed by atoms with E-state index in [1.54, 1.807) is 19.1 Å². The first-order valence-electron chi connectivity index (χ1n) is 14.2. The van der Waals surface area contributed by atoms with Crippen LogP contribution in [0.2, 0.25) is 0 Å². The van der Waals surface area contributed by atoms with Crippen molar-refractivity contribution >= 4 is 5.91 Å². The Balaban J connectivity index is 1.50. The van der Waals surface area contributed by atoms with E-state index in [0.29, 0.717) is 66.8 Å². The molecule has 1 aromatic carbocycles. The summed E-state index contributed by atoms with van der Waals surface area (Å²) in [5.41, 5.74) is 5.89. The number of likely N-dealkylation sites (tertiary alicyclic amines) is 1. The quantitative estimate of drug-likeness (QED) is 0.403. The predicted octanol–water partition coefficient (Wildman–Crippen LogP) is 4.62. The Morgan fingerprint density at radius 3 is 2.71 bits per heavy atom. The van der Waals surface area contributed by atoms with E-state index in [9.17, 15) is 19.6 Å². The summed E-state index contributed by atoms with van der Waals surface area (Å²) in [4.78, 5) is 26.7. The van der Waals surface area contributed by atoms with Crippen LogP contribution in [0.5, 0.6) is 5.75 Å². The molecular formula is C32H36FN5O3. The van der Waals surface area contributed by atoms with Gasteiger partial charge in [0.25, 0.3) is 5.91 Å². The molecule has 214 valence electrons. The number of carbonyl (C=O) groups excluding carboxylic acids is 1. The number of rotatable bonds is 8. The lowest BCUT2D eigenvalue weighted by molar-refractivity contribution is 0.0669. The second kappa shape index (κ2) is 11.9.